The number of esters is 1. The molecule has 0 atom stereocenters. The molecule has 3 rings (SSSR count). The zero-order valence-corrected chi connectivity index (χ0v) is 13.4. The van der Waals surface area contributed by atoms with Crippen LogP contribution in [0, 0.1) is 6.92 Å². The van der Waals surface area contributed by atoms with Crippen molar-refractivity contribution in [2.24, 2.45) is 0 Å². The van der Waals surface area contributed by atoms with Gasteiger partial charge in [0.25, 0.3) is 0 Å². The second kappa shape index (κ2) is 6.16. The van der Waals surface area contributed by atoms with E-state index in [4.69, 9.17) is 13.9 Å². The van der Waals surface area contributed by atoms with Crippen LogP contribution >= 0.6 is 0 Å². The molecule has 4 nitrogen and oxygen atoms in total. The predicted molar refractivity (Wildman–Crippen MR) is 88.9 cm³/mol. The van der Waals surface area contributed by atoms with E-state index in [1.807, 2.05) is 49.4 Å². The van der Waals surface area contributed by atoms with Crippen molar-refractivity contribution in [1.29, 1.82) is 0 Å². The van der Waals surface area contributed by atoms with Crippen molar-refractivity contribution < 1.29 is 18.7 Å². The van der Waals surface area contributed by atoms with Gasteiger partial charge in [-0.05, 0) is 26.0 Å². The van der Waals surface area contributed by atoms with E-state index in [2.05, 4.69) is 0 Å². The highest BCUT2D eigenvalue weighted by Gasteiger charge is 2.25. The van der Waals surface area contributed by atoms with Gasteiger partial charge in [0.05, 0.1) is 13.7 Å². The molecule has 0 aliphatic carbocycles. The molecule has 118 valence electrons. The van der Waals surface area contributed by atoms with Crippen LogP contribution < -0.4 is 4.74 Å². The van der Waals surface area contributed by atoms with Crippen molar-refractivity contribution in [3.8, 4) is 17.1 Å². The van der Waals surface area contributed by atoms with Gasteiger partial charge in [-0.3, -0.25) is 0 Å². The predicted octanol–water partition coefficient (Wildman–Crippen LogP) is 4.59. The van der Waals surface area contributed by atoms with Crippen LogP contribution in [0.4, 0.5) is 0 Å². The lowest BCUT2D eigenvalue weighted by molar-refractivity contribution is 0.0528. The molecule has 0 fully saturated rings. The summed E-state index contributed by atoms with van der Waals surface area (Å²) in [4.78, 5) is 12.5. The minimum absolute atomic E-state index is 0.308. The van der Waals surface area contributed by atoms with E-state index in [9.17, 15) is 4.79 Å². The molecule has 0 aliphatic rings. The van der Waals surface area contributed by atoms with Gasteiger partial charge >= 0.3 is 5.97 Å². The first kappa shape index (κ1) is 15.2. The number of fused-ring (bicyclic) bond motifs is 1. The standard InChI is InChI=1S/C19H18O4/c1-4-22-19(20)17-16-12(2)14(21-3)10-11-15(16)23-18(17)13-8-6-5-7-9-13/h5-11H,4H2,1-3H3. The largest absolute Gasteiger partial charge is 0.496 e. The first-order valence-electron chi connectivity index (χ1n) is 7.50. The van der Waals surface area contributed by atoms with Crippen molar-refractivity contribution in [3.05, 3.63) is 53.6 Å². The highest BCUT2D eigenvalue weighted by molar-refractivity contribution is 6.10. The van der Waals surface area contributed by atoms with Gasteiger partial charge in [-0.2, -0.15) is 0 Å². The molecular weight excluding hydrogens is 292 g/mol. The van der Waals surface area contributed by atoms with Gasteiger partial charge < -0.3 is 13.9 Å². The van der Waals surface area contributed by atoms with E-state index in [1.165, 1.54) is 0 Å². The van der Waals surface area contributed by atoms with Crippen molar-refractivity contribution >= 4 is 16.9 Å². The van der Waals surface area contributed by atoms with Crippen molar-refractivity contribution in [2.45, 2.75) is 13.8 Å². The molecule has 0 unspecified atom stereocenters. The van der Waals surface area contributed by atoms with Crippen LogP contribution in [0.2, 0.25) is 0 Å². The molecule has 0 radical (unpaired) electrons. The summed E-state index contributed by atoms with van der Waals surface area (Å²) in [5, 5.41) is 0.738. The summed E-state index contributed by atoms with van der Waals surface area (Å²) in [7, 11) is 1.61. The number of rotatable bonds is 4. The van der Waals surface area contributed by atoms with Crippen LogP contribution in [0.15, 0.2) is 46.9 Å². The van der Waals surface area contributed by atoms with Crippen molar-refractivity contribution in [1.82, 2.24) is 0 Å². The minimum atomic E-state index is -0.388. The first-order chi connectivity index (χ1) is 11.2. The van der Waals surface area contributed by atoms with E-state index in [0.717, 1.165) is 16.5 Å². The van der Waals surface area contributed by atoms with Crippen LogP contribution in [0.3, 0.4) is 0 Å². The molecule has 4 heteroatoms. The quantitative estimate of drug-likeness (QED) is 0.661. The van der Waals surface area contributed by atoms with Crippen LogP contribution in [0.1, 0.15) is 22.8 Å². The third kappa shape index (κ3) is 2.57. The van der Waals surface area contributed by atoms with Crippen molar-refractivity contribution in [2.75, 3.05) is 13.7 Å². The number of methoxy groups -OCH3 is 1. The Labute approximate surface area is 134 Å². The van der Waals surface area contributed by atoms with E-state index < -0.39 is 0 Å². The minimum Gasteiger partial charge on any atom is -0.496 e. The summed E-state index contributed by atoms with van der Waals surface area (Å²) in [5.74, 6) is 0.848. The van der Waals surface area contributed by atoms with Crippen LogP contribution in [-0.2, 0) is 4.74 Å². The van der Waals surface area contributed by atoms with Gasteiger partial charge in [0.15, 0.2) is 0 Å². The fourth-order valence-electron chi connectivity index (χ4n) is 2.75. The molecule has 0 saturated carbocycles. The topological polar surface area (TPSA) is 48.7 Å². The van der Waals surface area contributed by atoms with E-state index in [1.54, 1.807) is 14.0 Å². The molecular formula is C19H18O4. The number of benzene rings is 2. The Bertz CT molecular complexity index is 847. The van der Waals surface area contributed by atoms with E-state index in [-0.39, 0.29) is 5.97 Å². The van der Waals surface area contributed by atoms with E-state index >= 15 is 0 Å². The second-order valence-electron chi connectivity index (χ2n) is 5.16. The molecule has 0 N–H and O–H groups in total. The number of hydrogen-bond acceptors (Lipinski definition) is 4. The average Bonchev–Trinajstić information content (AvgIpc) is 2.97. The van der Waals surface area contributed by atoms with E-state index in [0.29, 0.717) is 29.3 Å². The fraction of sp³-hybridized carbons (Fsp3) is 0.211. The number of furan rings is 1. The lowest BCUT2D eigenvalue weighted by atomic mass is 10.0. The fourth-order valence-corrected chi connectivity index (χ4v) is 2.75. The zero-order chi connectivity index (χ0) is 16.4. The van der Waals surface area contributed by atoms with Crippen molar-refractivity contribution in [3.63, 3.8) is 0 Å². The number of carbonyl (C=O) groups excluding carboxylic acids is 1. The number of aryl methyl sites for hydroxylation is 1. The van der Waals surface area contributed by atoms with Gasteiger partial charge in [0.2, 0.25) is 0 Å². The van der Waals surface area contributed by atoms with Gasteiger partial charge in [-0.15, -0.1) is 0 Å². The third-order valence-corrected chi connectivity index (χ3v) is 3.80. The normalized spacial score (nSPS) is 10.7. The monoisotopic (exact) mass is 310 g/mol. The van der Waals surface area contributed by atoms with Crippen LogP contribution in [0.25, 0.3) is 22.3 Å². The van der Waals surface area contributed by atoms with Gasteiger partial charge in [0.1, 0.15) is 22.7 Å². The van der Waals surface area contributed by atoms with Gasteiger partial charge in [-0.1, -0.05) is 30.3 Å². The summed E-state index contributed by atoms with van der Waals surface area (Å²) in [6.07, 6.45) is 0. The Kier molecular flexibility index (Phi) is 4.06. The maximum Gasteiger partial charge on any atom is 0.342 e. The molecule has 0 amide bonds. The highest BCUT2D eigenvalue weighted by atomic mass is 16.5. The maximum atomic E-state index is 12.5. The molecule has 0 spiro atoms. The highest BCUT2D eigenvalue weighted by Crippen LogP contribution is 2.38. The first-order valence-corrected chi connectivity index (χ1v) is 7.50. The lowest BCUT2D eigenvalue weighted by Gasteiger charge is -2.07. The second-order valence-corrected chi connectivity index (χ2v) is 5.16. The molecule has 0 saturated heterocycles. The number of hydrogen-bond donors (Lipinski definition) is 0. The molecule has 2 aromatic carbocycles. The summed E-state index contributed by atoms with van der Waals surface area (Å²) in [6, 6.07) is 13.2. The lowest BCUT2D eigenvalue weighted by Crippen LogP contribution is -2.06. The number of carbonyl (C=O) groups is 1. The SMILES string of the molecule is CCOC(=O)c1c(-c2ccccc2)oc2ccc(OC)c(C)c12. The Balaban J connectivity index is 2.34. The molecule has 0 bridgehead atoms. The smallest absolute Gasteiger partial charge is 0.342 e. The Morgan fingerprint density at radius 2 is 1.87 bits per heavy atom. The summed E-state index contributed by atoms with van der Waals surface area (Å²) in [5.41, 5.74) is 2.79. The summed E-state index contributed by atoms with van der Waals surface area (Å²) < 4.78 is 16.6. The molecule has 23 heavy (non-hydrogen) atoms. The molecule has 1 heterocycles. The summed E-state index contributed by atoms with van der Waals surface area (Å²) >= 11 is 0. The van der Waals surface area contributed by atoms with Crippen LogP contribution in [0.5, 0.6) is 5.75 Å². The van der Waals surface area contributed by atoms with Gasteiger partial charge in [-0.25, -0.2) is 4.79 Å². The molecule has 1 aromatic heterocycles. The van der Waals surface area contributed by atoms with Gasteiger partial charge in [0, 0.05) is 16.5 Å². The molecule has 3 aromatic rings. The maximum absolute atomic E-state index is 12.5. The summed E-state index contributed by atoms with van der Waals surface area (Å²) in [6.45, 7) is 4.01. The third-order valence-electron chi connectivity index (χ3n) is 3.80. The molecule has 0 aliphatic heterocycles. The average molecular weight is 310 g/mol. The Hall–Kier alpha value is -2.75. The Morgan fingerprint density at radius 3 is 2.52 bits per heavy atom. The zero-order valence-electron chi connectivity index (χ0n) is 13.4. The Morgan fingerprint density at radius 1 is 1.13 bits per heavy atom. The number of ether oxygens (including phenoxy) is 2. The van der Waals surface area contributed by atoms with Crippen LogP contribution in [-0.4, -0.2) is 19.7 Å².